The van der Waals surface area contributed by atoms with Gasteiger partial charge >= 0.3 is 0 Å². The van der Waals surface area contributed by atoms with Crippen LogP contribution in [0.4, 0.5) is 22.6 Å². The SMILES string of the molecule is CN=C(NCc1c(F)c(F)cc(F)c1F)N1CCN(c2cccs2)CC1. The zero-order valence-electron chi connectivity index (χ0n) is 14.1. The van der Waals surface area contributed by atoms with E-state index in [2.05, 4.69) is 21.3 Å². The van der Waals surface area contributed by atoms with Gasteiger partial charge in [0.25, 0.3) is 0 Å². The molecule has 0 aliphatic carbocycles. The third kappa shape index (κ3) is 3.77. The van der Waals surface area contributed by atoms with Crippen molar-refractivity contribution in [1.82, 2.24) is 10.2 Å². The average Bonchev–Trinajstić information content (AvgIpc) is 3.18. The Bertz CT molecular complexity index is 760. The molecule has 1 aliphatic rings. The summed E-state index contributed by atoms with van der Waals surface area (Å²) < 4.78 is 54.1. The summed E-state index contributed by atoms with van der Waals surface area (Å²) in [5, 5.41) is 5.99. The average molecular weight is 386 g/mol. The highest BCUT2D eigenvalue weighted by atomic mass is 32.1. The lowest BCUT2D eigenvalue weighted by Gasteiger charge is -2.37. The highest BCUT2D eigenvalue weighted by molar-refractivity contribution is 7.14. The van der Waals surface area contributed by atoms with Crippen LogP contribution in [0.5, 0.6) is 0 Å². The summed E-state index contributed by atoms with van der Waals surface area (Å²) in [4.78, 5) is 8.29. The van der Waals surface area contributed by atoms with Crippen LogP contribution in [-0.4, -0.2) is 44.1 Å². The normalized spacial score (nSPS) is 15.5. The zero-order valence-corrected chi connectivity index (χ0v) is 14.9. The highest BCUT2D eigenvalue weighted by Gasteiger charge is 2.22. The van der Waals surface area contributed by atoms with E-state index in [9.17, 15) is 17.6 Å². The van der Waals surface area contributed by atoms with Gasteiger partial charge < -0.3 is 15.1 Å². The van der Waals surface area contributed by atoms with Gasteiger partial charge in [-0.3, -0.25) is 4.99 Å². The molecule has 9 heteroatoms. The Morgan fingerprint density at radius 3 is 2.31 bits per heavy atom. The molecule has 0 bridgehead atoms. The minimum atomic E-state index is -1.42. The predicted octanol–water partition coefficient (Wildman–Crippen LogP) is 3.20. The minimum Gasteiger partial charge on any atom is -0.360 e. The van der Waals surface area contributed by atoms with Gasteiger partial charge in [-0.05, 0) is 17.5 Å². The molecule has 1 aromatic carbocycles. The molecule has 0 atom stereocenters. The fraction of sp³-hybridized carbons (Fsp3) is 0.353. The van der Waals surface area contributed by atoms with Crippen molar-refractivity contribution in [3.63, 3.8) is 0 Å². The number of halogens is 4. The molecule has 26 heavy (non-hydrogen) atoms. The number of aliphatic imine (C=N–C) groups is 1. The van der Waals surface area contributed by atoms with Crippen molar-refractivity contribution in [2.45, 2.75) is 6.54 Å². The van der Waals surface area contributed by atoms with Gasteiger partial charge in [-0.1, -0.05) is 0 Å². The van der Waals surface area contributed by atoms with E-state index in [1.165, 1.54) is 5.00 Å². The van der Waals surface area contributed by atoms with Crippen molar-refractivity contribution in [1.29, 1.82) is 0 Å². The Hall–Kier alpha value is -2.29. The molecular weight excluding hydrogens is 368 g/mol. The Balaban J connectivity index is 1.63. The van der Waals surface area contributed by atoms with Crippen molar-refractivity contribution in [3.8, 4) is 0 Å². The van der Waals surface area contributed by atoms with E-state index in [-0.39, 0.29) is 6.07 Å². The van der Waals surface area contributed by atoms with Crippen LogP contribution in [0, 0.1) is 23.3 Å². The molecule has 2 heterocycles. The van der Waals surface area contributed by atoms with Crippen LogP contribution in [0.15, 0.2) is 28.6 Å². The highest BCUT2D eigenvalue weighted by Crippen LogP contribution is 2.22. The second-order valence-electron chi connectivity index (χ2n) is 5.77. The number of guanidine groups is 1. The minimum absolute atomic E-state index is 0.201. The molecule has 1 fully saturated rings. The van der Waals surface area contributed by atoms with E-state index >= 15 is 0 Å². The maximum Gasteiger partial charge on any atom is 0.194 e. The molecule has 140 valence electrons. The first-order chi connectivity index (χ1) is 12.5. The summed E-state index contributed by atoms with van der Waals surface area (Å²) in [5.74, 6) is -5.19. The van der Waals surface area contributed by atoms with E-state index in [0.29, 0.717) is 19.0 Å². The number of nitrogens with zero attached hydrogens (tertiary/aromatic N) is 3. The van der Waals surface area contributed by atoms with E-state index in [1.54, 1.807) is 18.4 Å². The molecular formula is C17H18F4N4S. The number of nitrogens with one attached hydrogen (secondary N) is 1. The molecule has 0 unspecified atom stereocenters. The van der Waals surface area contributed by atoms with Gasteiger partial charge in [0.1, 0.15) is 0 Å². The third-order valence-corrected chi connectivity index (χ3v) is 5.16. The van der Waals surface area contributed by atoms with Crippen molar-refractivity contribution in [2.24, 2.45) is 4.99 Å². The summed E-state index contributed by atoms with van der Waals surface area (Å²) in [6, 6.07) is 4.25. The maximum absolute atomic E-state index is 13.8. The van der Waals surface area contributed by atoms with Gasteiger partial charge in [-0.25, -0.2) is 17.6 Å². The largest absolute Gasteiger partial charge is 0.360 e. The topological polar surface area (TPSA) is 30.9 Å². The fourth-order valence-corrected chi connectivity index (χ4v) is 3.65. The van der Waals surface area contributed by atoms with Crippen molar-refractivity contribution < 1.29 is 17.6 Å². The Labute approximate surface area is 152 Å². The Kier molecular flexibility index (Phi) is 5.65. The van der Waals surface area contributed by atoms with Gasteiger partial charge in [-0.15, -0.1) is 11.3 Å². The molecule has 1 aromatic heterocycles. The number of thiophene rings is 1. The summed E-state index contributed by atoms with van der Waals surface area (Å²) in [6.07, 6.45) is 0. The molecule has 4 nitrogen and oxygen atoms in total. The van der Waals surface area contributed by atoms with Crippen LogP contribution in [0.2, 0.25) is 0 Å². The monoisotopic (exact) mass is 386 g/mol. The van der Waals surface area contributed by atoms with Crippen LogP contribution in [0.3, 0.4) is 0 Å². The van der Waals surface area contributed by atoms with Gasteiger partial charge in [-0.2, -0.15) is 0 Å². The number of piperazine rings is 1. The Morgan fingerprint density at radius 1 is 1.12 bits per heavy atom. The molecule has 0 spiro atoms. The second kappa shape index (κ2) is 7.94. The molecule has 1 aliphatic heterocycles. The van der Waals surface area contributed by atoms with Crippen LogP contribution in [-0.2, 0) is 6.54 Å². The second-order valence-corrected chi connectivity index (χ2v) is 6.70. The summed E-state index contributed by atoms with van der Waals surface area (Å²) in [7, 11) is 1.55. The lowest BCUT2D eigenvalue weighted by atomic mass is 10.2. The van der Waals surface area contributed by atoms with E-state index in [1.807, 2.05) is 16.3 Å². The fourth-order valence-electron chi connectivity index (χ4n) is 2.87. The van der Waals surface area contributed by atoms with Crippen LogP contribution in [0.25, 0.3) is 0 Å². The van der Waals surface area contributed by atoms with Gasteiger partial charge in [0.2, 0.25) is 0 Å². The van der Waals surface area contributed by atoms with Crippen molar-refractivity contribution in [3.05, 3.63) is 52.4 Å². The van der Waals surface area contributed by atoms with Crippen LogP contribution < -0.4 is 10.2 Å². The van der Waals surface area contributed by atoms with Gasteiger partial charge in [0.15, 0.2) is 29.2 Å². The lowest BCUT2D eigenvalue weighted by Crippen LogP contribution is -2.52. The maximum atomic E-state index is 13.8. The van der Waals surface area contributed by atoms with Crippen LogP contribution in [0.1, 0.15) is 5.56 Å². The standard InChI is InChI=1S/C17H18F4N4S/c1-22-17(23-10-11-15(20)12(18)9-13(19)16(11)21)25-6-4-24(5-7-25)14-3-2-8-26-14/h2-3,8-9H,4-7,10H2,1H3,(H,22,23). The number of hydrogen-bond acceptors (Lipinski definition) is 3. The quantitative estimate of drug-likeness (QED) is 0.380. The zero-order chi connectivity index (χ0) is 18.7. The first kappa shape index (κ1) is 18.5. The van der Waals surface area contributed by atoms with Gasteiger partial charge in [0.05, 0.1) is 5.00 Å². The number of rotatable bonds is 3. The smallest absolute Gasteiger partial charge is 0.194 e. The Morgan fingerprint density at radius 2 is 1.77 bits per heavy atom. The third-order valence-electron chi connectivity index (χ3n) is 4.23. The predicted molar refractivity (Wildman–Crippen MR) is 94.6 cm³/mol. The van der Waals surface area contributed by atoms with Crippen molar-refractivity contribution in [2.75, 3.05) is 38.1 Å². The van der Waals surface area contributed by atoms with Crippen molar-refractivity contribution >= 4 is 22.3 Å². The lowest BCUT2D eigenvalue weighted by molar-refractivity contribution is 0.371. The molecule has 3 rings (SSSR count). The molecule has 0 radical (unpaired) electrons. The summed E-state index contributed by atoms with van der Waals surface area (Å²) >= 11 is 1.67. The molecule has 1 N–H and O–H groups in total. The molecule has 2 aromatic rings. The number of benzene rings is 1. The first-order valence-electron chi connectivity index (χ1n) is 8.07. The van der Waals surface area contributed by atoms with E-state index in [4.69, 9.17) is 0 Å². The molecule has 1 saturated heterocycles. The molecule has 0 amide bonds. The first-order valence-corrected chi connectivity index (χ1v) is 8.95. The van der Waals surface area contributed by atoms with E-state index < -0.39 is 35.4 Å². The summed E-state index contributed by atoms with van der Waals surface area (Å²) in [6.45, 7) is 2.49. The van der Waals surface area contributed by atoms with E-state index in [0.717, 1.165) is 13.1 Å². The van der Waals surface area contributed by atoms with Crippen LogP contribution >= 0.6 is 11.3 Å². The summed E-state index contributed by atoms with van der Waals surface area (Å²) in [5.41, 5.74) is -0.680. The number of hydrogen-bond donors (Lipinski definition) is 1. The van der Waals surface area contributed by atoms with Gasteiger partial charge in [0, 0.05) is 51.4 Å². The molecule has 0 saturated carbocycles. The number of anilines is 1.